The van der Waals surface area contributed by atoms with Crippen molar-refractivity contribution in [3.05, 3.63) is 51.9 Å². The molecule has 0 aliphatic heterocycles. The van der Waals surface area contributed by atoms with E-state index in [1.807, 2.05) is 6.07 Å². The van der Waals surface area contributed by atoms with Crippen LogP contribution in [0.4, 0.5) is 0 Å². The van der Waals surface area contributed by atoms with Crippen LogP contribution in [0.15, 0.2) is 40.6 Å². The average molecular weight is 398 g/mol. The molecule has 0 aliphatic carbocycles. The lowest BCUT2D eigenvalue weighted by Gasteiger charge is -2.21. The molecule has 132 valence electrons. The molecule has 2 rings (SSSR count). The summed E-state index contributed by atoms with van der Waals surface area (Å²) in [4.78, 5) is 13.7. The molecule has 1 amide bonds. The van der Waals surface area contributed by atoms with E-state index in [0.717, 1.165) is 21.2 Å². The van der Waals surface area contributed by atoms with Gasteiger partial charge >= 0.3 is 0 Å². The van der Waals surface area contributed by atoms with Gasteiger partial charge < -0.3 is 4.90 Å². The third-order valence-corrected chi connectivity index (χ3v) is 7.00. The zero-order valence-corrected chi connectivity index (χ0v) is 16.0. The van der Waals surface area contributed by atoms with Crippen LogP contribution in [0.25, 0.3) is 0 Å². The Kier molecular flexibility index (Phi) is 6.19. The van der Waals surface area contributed by atoms with Crippen molar-refractivity contribution < 1.29 is 13.2 Å². The number of amides is 1. The van der Waals surface area contributed by atoms with Crippen molar-refractivity contribution in [1.29, 1.82) is 5.26 Å². The largest absolute Gasteiger partial charge is 0.340 e. The number of hydrogen-bond acceptors (Lipinski definition) is 5. The minimum absolute atomic E-state index is 0.0996. The summed E-state index contributed by atoms with van der Waals surface area (Å²) in [5.41, 5.74) is 1.39. The number of halogens is 1. The van der Waals surface area contributed by atoms with E-state index in [1.165, 1.54) is 24.1 Å². The Morgan fingerprint density at radius 3 is 2.36 bits per heavy atom. The third kappa shape index (κ3) is 4.80. The van der Waals surface area contributed by atoms with Gasteiger partial charge in [-0.15, -0.1) is 11.3 Å². The van der Waals surface area contributed by atoms with Crippen LogP contribution in [-0.4, -0.2) is 44.2 Å². The first-order valence-electron chi connectivity index (χ1n) is 7.18. The fraction of sp³-hybridized carbons (Fsp3) is 0.250. The average Bonchev–Trinajstić information content (AvgIpc) is 3.02. The summed E-state index contributed by atoms with van der Waals surface area (Å²) in [6, 6.07) is 11.8. The molecule has 0 radical (unpaired) electrons. The van der Waals surface area contributed by atoms with Crippen molar-refractivity contribution in [2.24, 2.45) is 0 Å². The minimum Gasteiger partial charge on any atom is -0.340 e. The molecule has 0 saturated heterocycles. The van der Waals surface area contributed by atoms with Crippen LogP contribution < -0.4 is 0 Å². The van der Waals surface area contributed by atoms with Crippen LogP contribution in [0, 0.1) is 11.3 Å². The number of nitrogens with zero attached hydrogens (tertiary/aromatic N) is 3. The first-order chi connectivity index (χ1) is 11.7. The van der Waals surface area contributed by atoms with E-state index in [-0.39, 0.29) is 16.7 Å². The van der Waals surface area contributed by atoms with Crippen molar-refractivity contribution >= 4 is 38.9 Å². The lowest BCUT2D eigenvalue weighted by molar-refractivity contribution is -0.130. The van der Waals surface area contributed by atoms with Gasteiger partial charge in [-0.1, -0.05) is 23.7 Å². The summed E-state index contributed by atoms with van der Waals surface area (Å²) in [7, 11) is -0.787. The maximum absolute atomic E-state index is 12.4. The van der Waals surface area contributed by atoms with E-state index in [2.05, 4.69) is 0 Å². The maximum atomic E-state index is 12.4. The number of sulfonamides is 1. The molecule has 0 spiro atoms. The lowest BCUT2D eigenvalue weighted by Crippen LogP contribution is -2.38. The van der Waals surface area contributed by atoms with Crippen LogP contribution in [-0.2, 0) is 21.4 Å². The lowest BCUT2D eigenvalue weighted by atomic mass is 10.1. The van der Waals surface area contributed by atoms with E-state index < -0.39 is 10.0 Å². The zero-order chi connectivity index (χ0) is 18.6. The Balaban J connectivity index is 2.01. The summed E-state index contributed by atoms with van der Waals surface area (Å²) >= 11 is 6.73. The summed E-state index contributed by atoms with van der Waals surface area (Å²) < 4.78 is 26.3. The van der Waals surface area contributed by atoms with Gasteiger partial charge in [0.2, 0.25) is 5.91 Å². The Morgan fingerprint density at radius 2 is 1.84 bits per heavy atom. The van der Waals surface area contributed by atoms with Gasteiger partial charge in [-0.3, -0.25) is 4.79 Å². The Bertz CT molecular complexity index is 901. The van der Waals surface area contributed by atoms with E-state index in [0.29, 0.717) is 16.4 Å². The number of likely N-dealkylation sites (N-methyl/N-ethyl adjacent to an activating group) is 2. The van der Waals surface area contributed by atoms with Crippen LogP contribution in [0.3, 0.4) is 0 Å². The van der Waals surface area contributed by atoms with Gasteiger partial charge in [0.15, 0.2) is 0 Å². The van der Waals surface area contributed by atoms with Gasteiger partial charge in [-0.05, 0) is 29.8 Å². The Morgan fingerprint density at radius 1 is 1.20 bits per heavy atom. The smallest absolute Gasteiger partial charge is 0.252 e. The molecule has 0 unspecified atom stereocenters. The quantitative estimate of drug-likeness (QED) is 0.750. The standard InChI is InChI=1S/C16H16ClN3O3S2/c1-19(10-13-5-3-12(9-18)4-6-13)15(21)11-20(2)25(22,23)16-8-7-14(17)24-16/h3-8H,10-11H2,1-2H3. The van der Waals surface area contributed by atoms with Crippen LogP contribution in [0.5, 0.6) is 0 Å². The molecule has 1 heterocycles. The first kappa shape index (κ1) is 19.4. The van der Waals surface area contributed by atoms with Gasteiger partial charge in [0, 0.05) is 20.6 Å². The topological polar surface area (TPSA) is 81.5 Å². The van der Waals surface area contributed by atoms with Gasteiger partial charge in [0.05, 0.1) is 22.5 Å². The highest BCUT2D eigenvalue weighted by Crippen LogP contribution is 2.27. The number of rotatable bonds is 6. The summed E-state index contributed by atoms with van der Waals surface area (Å²) in [6.07, 6.45) is 0. The van der Waals surface area contributed by atoms with Crippen LogP contribution in [0.2, 0.25) is 4.34 Å². The van der Waals surface area contributed by atoms with Crippen molar-refractivity contribution in [3.8, 4) is 6.07 Å². The molecular formula is C16H16ClN3O3S2. The zero-order valence-electron chi connectivity index (χ0n) is 13.6. The second-order valence-corrected chi connectivity index (χ2v) is 9.36. The fourth-order valence-corrected chi connectivity index (χ4v) is 4.85. The highest BCUT2D eigenvalue weighted by atomic mass is 35.5. The number of thiophene rings is 1. The Hall–Kier alpha value is -1.92. The highest BCUT2D eigenvalue weighted by molar-refractivity contribution is 7.91. The molecule has 6 nitrogen and oxygen atoms in total. The third-order valence-electron chi connectivity index (χ3n) is 3.50. The Labute approximate surface area is 155 Å². The minimum atomic E-state index is -3.74. The van der Waals surface area contributed by atoms with Crippen molar-refractivity contribution in [2.75, 3.05) is 20.6 Å². The predicted octanol–water partition coefficient (Wildman–Crippen LogP) is 2.55. The molecule has 25 heavy (non-hydrogen) atoms. The molecule has 9 heteroatoms. The molecule has 1 aromatic carbocycles. The van der Waals surface area contributed by atoms with E-state index in [1.54, 1.807) is 31.3 Å². The number of benzene rings is 1. The molecule has 0 bridgehead atoms. The van der Waals surface area contributed by atoms with Crippen LogP contribution in [0.1, 0.15) is 11.1 Å². The molecular weight excluding hydrogens is 382 g/mol. The molecule has 2 aromatic rings. The summed E-state index contributed by atoms with van der Waals surface area (Å²) in [6.45, 7) is 0.0495. The normalized spacial score (nSPS) is 11.3. The molecule has 0 N–H and O–H groups in total. The number of nitriles is 1. The first-order valence-corrected chi connectivity index (χ1v) is 9.82. The molecule has 0 fully saturated rings. The molecule has 0 aliphatic rings. The van der Waals surface area contributed by atoms with E-state index in [9.17, 15) is 13.2 Å². The second kappa shape index (κ2) is 7.97. The SMILES string of the molecule is CN(Cc1ccc(C#N)cc1)C(=O)CN(C)S(=O)(=O)c1ccc(Cl)s1. The van der Waals surface area contributed by atoms with Gasteiger partial charge in [-0.25, -0.2) is 8.42 Å². The van der Waals surface area contributed by atoms with Gasteiger partial charge in [-0.2, -0.15) is 9.57 Å². The summed E-state index contributed by atoms with van der Waals surface area (Å²) in [5.74, 6) is -0.335. The fourth-order valence-electron chi connectivity index (χ4n) is 2.03. The molecule has 0 atom stereocenters. The van der Waals surface area contributed by atoms with Crippen molar-refractivity contribution in [2.45, 2.75) is 10.8 Å². The number of carbonyl (C=O) groups is 1. The number of hydrogen-bond donors (Lipinski definition) is 0. The second-order valence-electron chi connectivity index (χ2n) is 5.38. The van der Waals surface area contributed by atoms with E-state index in [4.69, 9.17) is 16.9 Å². The predicted molar refractivity (Wildman–Crippen MR) is 96.8 cm³/mol. The van der Waals surface area contributed by atoms with Crippen molar-refractivity contribution in [3.63, 3.8) is 0 Å². The van der Waals surface area contributed by atoms with Gasteiger partial charge in [0.1, 0.15) is 4.21 Å². The highest BCUT2D eigenvalue weighted by Gasteiger charge is 2.25. The monoisotopic (exact) mass is 397 g/mol. The van der Waals surface area contributed by atoms with Gasteiger partial charge in [0.25, 0.3) is 10.0 Å². The number of carbonyl (C=O) groups excluding carboxylic acids is 1. The molecule has 1 aromatic heterocycles. The maximum Gasteiger partial charge on any atom is 0.252 e. The molecule has 0 saturated carbocycles. The van der Waals surface area contributed by atoms with Crippen LogP contribution >= 0.6 is 22.9 Å². The summed E-state index contributed by atoms with van der Waals surface area (Å²) in [5, 5.41) is 8.79. The van der Waals surface area contributed by atoms with Crippen molar-refractivity contribution in [1.82, 2.24) is 9.21 Å². The van der Waals surface area contributed by atoms with E-state index >= 15 is 0 Å².